The number of carbonyl (C=O) groups is 2. The van der Waals surface area contributed by atoms with E-state index in [0.717, 1.165) is 34.8 Å². The summed E-state index contributed by atoms with van der Waals surface area (Å²) in [5.41, 5.74) is 12.5. The van der Waals surface area contributed by atoms with Crippen LogP contribution in [-0.4, -0.2) is 27.1 Å². The normalized spacial score (nSPS) is 12.6. The number of hydrogen-bond donors (Lipinski definition) is 3. The molecule has 6 nitrogen and oxygen atoms in total. The average molecular weight is 387 g/mol. The van der Waals surface area contributed by atoms with E-state index < -0.39 is 11.9 Å². The first kappa shape index (κ1) is 20.2. The Bertz CT molecular complexity index is 920. The maximum Gasteiger partial charge on any atom is 0.328 e. The smallest absolute Gasteiger partial charge is 0.328 e. The lowest BCUT2D eigenvalue weighted by Gasteiger charge is -2.17. The summed E-state index contributed by atoms with van der Waals surface area (Å²) in [4.78, 5) is 23.6. The summed E-state index contributed by atoms with van der Waals surface area (Å²) in [5.74, 6) is -2.51. The van der Waals surface area contributed by atoms with Gasteiger partial charge in [0.1, 0.15) is 0 Å². The topological polar surface area (TPSA) is 114 Å². The Kier molecular flexibility index (Phi) is 6.73. The molecule has 2 aromatic rings. The monoisotopic (exact) mass is 386 g/mol. The van der Waals surface area contributed by atoms with Crippen LogP contribution in [-0.2, 0) is 16.0 Å². The molecule has 0 saturated heterocycles. The van der Waals surface area contributed by atoms with E-state index in [2.05, 4.69) is 17.1 Å². The van der Waals surface area contributed by atoms with Gasteiger partial charge in [0.15, 0.2) is 0 Å². The van der Waals surface area contributed by atoms with Crippen LogP contribution in [0.15, 0.2) is 42.6 Å². The first-order valence-corrected chi connectivity index (χ1v) is 8.49. The Morgan fingerprint density at radius 2 is 1.81 bits per heavy atom. The number of nitrogens with zero attached hydrogens (tertiary/aromatic N) is 1. The minimum atomic E-state index is -1.26. The molecule has 0 radical (unpaired) electrons. The number of aryl methyl sites for hydroxylation is 2. The van der Waals surface area contributed by atoms with Gasteiger partial charge >= 0.3 is 11.9 Å². The molecule has 0 spiro atoms. The van der Waals surface area contributed by atoms with Crippen molar-refractivity contribution in [3.05, 3.63) is 70.0 Å². The Hall–Kier alpha value is -3.12. The van der Waals surface area contributed by atoms with E-state index in [1.807, 2.05) is 31.3 Å². The Morgan fingerprint density at radius 1 is 1.15 bits per heavy atom. The molecular formula is C20H19ClN2O4. The van der Waals surface area contributed by atoms with E-state index in [1.54, 1.807) is 0 Å². The highest BCUT2D eigenvalue weighted by Crippen LogP contribution is 2.31. The van der Waals surface area contributed by atoms with Crippen LogP contribution in [0.2, 0.25) is 5.02 Å². The van der Waals surface area contributed by atoms with Crippen molar-refractivity contribution in [1.29, 1.82) is 0 Å². The minimum Gasteiger partial charge on any atom is -0.478 e. The van der Waals surface area contributed by atoms with Gasteiger partial charge < -0.3 is 15.9 Å². The van der Waals surface area contributed by atoms with Crippen molar-refractivity contribution in [1.82, 2.24) is 4.98 Å². The number of fused-ring (bicyclic) bond motifs is 1. The van der Waals surface area contributed by atoms with Crippen LogP contribution in [0.4, 0.5) is 5.69 Å². The van der Waals surface area contributed by atoms with Crippen molar-refractivity contribution in [3.63, 3.8) is 0 Å². The number of hydrogen-bond acceptors (Lipinski definition) is 4. The number of pyridine rings is 1. The lowest BCUT2D eigenvalue weighted by Crippen LogP contribution is -2.02. The molecule has 27 heavy (non-hydrogen) atoms. The van der Waals surface area contributed by atoms with E-state index in [1.165, 1.54) is 16.7 Å². The highest BCUT2D eigenvalue weighted by molar-refractivity contribution is 6.30. The molecule has 0 bridgehead atoms. The van der Waals surface area contributed by atoms with Crippen molar-refractivity contribution in [2.45, 2.75) is 19.8 Å². The van der Waals surface area contributed by atoms with E-state index in [0.29, 0.717) is 12.2 Å². The van der Waals surface area contributed by atoms with Crippen molar-refractivity contribution < 1.29 is 19.8 Å². The van der Waals surface area contributed by atoms with Gasteiger partial charge in [-0.25, -0.2) is 9.59 Å². The summed E-state index contributed by atoms with van der Waals surface area (Å²) in [6.45, 7) is 1.97. The lowest BCUT2D eigenvalue weighted by atomic mass is 9.90. The highest BCUT2D eigenvalue weighted by Gasteiger charge is 2.13. The molecule has 1 aliphatic rings. The van der Waals surface area contributed by atoms with E-state index in [9.17, 15) is 9.59 Å². The number of rotatable bonds is 3. The second-order valence-corrected chi connectivity index (χ2v) is 6.39. The number of halogens is 1. The Balaban J connectivity index is 0.000000279. The standard InChI is InChI=1S/C16H15ClN2.C4H4O4/c1-10-9-19-16(8-15(10)18)12-3-2-11-4-5-14(17)7-13(11)6-12;5-3(6)1-2-4(7)8/h4-9H,2-3H2,1H3,(H2,18,19);1-2H,(H,5,6)(H,7,8)/b;2-1+. The van der Waals surface area contributed by atoms with Crippen LogP contribution in [0, 0.1) is 6.92 Å². The second kappa shape index (κ2) is 9.00. The van der Waals surface area contributed by atoms with Crippen LogP contribution in [0.1, 0.15) is 28.8 Å². The quantitative estimate of drug-likeness (QED) is 0.691. The van der Waals surface area contributed by atoms with Crippen LogP contribution < -0.4 is 5.73 Å². The van der Waals surface area contributed by atoms with Crippen LogP contribution in [0.25, 0.3) is 11.6 Å². The van der Waals surface area contributed by atoms with Gasteiger partial charge in [0.2, 0.25) is 0 Å². The number of allylic oxidation sites excluding steroid dienone is 1. The van der Waals surface area contributed by atoms with Gasteiger partial charge in [-0.05, 0) is 66.3 Å². The van der Waals surface area contributed by atoms with Gasteiger partial charge in [0.05, 0.1) is 5.69 Å². The first-order chi connectivity index (χ1) is 12.8. The summed E-state index contributed by atoms with van der Waals surface area (Å²) in [5, 5.41) is 16.4. The van der Waals surface area contributed by atoms with Crippen molar-refractivity contribution in [2.24, 2.45) is 0 Å². The zero-order valence-electron chi connectivity index (χ0n) is 14.6. The fourth-order valence-electron chi connectivity index (χ4n) is 2.52. The third-order valence-corrected chi connectivity index (χ3v) is 4.18. The number of aromatic nitrogens is 1. The molecule has 0 aliphatic heterocycles. The fourth-order valence-corrected chi connectivity index (χ4v) is 2.70. The number of anilines is 1. The zero-order chi connectivity index (χ0) is 20.0. The van der Waals surface area contributed by atoms with Gasteiger partial charge in [-0.1, -0.05) is 17.7 Å². The van der Waals surface area contributed by atoms with Gasteiger partial charge in [-0.2, -0.15) is 0 Å². The number of benzene rings is 1. The summed E-state index contributed by atoms with van der Waals surface area (Å²) < 4.78 is 0. The third-order valence-electron chi connectivity index (χ3n) is 3.94. The van der Waals surface area contributed by atoms with Crippen LogP contribution >= 0.6 is 11.6 Å². The molecule has 0 amide bonds. The molecule has 1 aromatic carbocycles. The molecule has 0 atom stereocenters. The predicted octanol–water partition coefficient (Wildman–Crippen LogP) is 3.82. The molecule has 7 heteroatoms. The van der Waals surface area contributed by atoms with Gasteiger partial charge in [-0.15, -0.1) is 0 Å². The molecule has 140 valence electrons. The molecule has 1 aliphatic carbocycles. The van der Waals surface area contributed by atoms with E-state index in [4.69, 9.17) is 27.5 Å². The molecule has 1 heterocycles. The number of nitrogen functional groups attached to an aromatic ring is 1. The van der Waals surface area contributed by atoms with Gasteiger partial charge in [0, 0.05) is 29.1 Å². The van der Waals surface area contributed by atoms with Crippen molar-refractivity contribution in [2.75, 3.05) is 5.73 Å². The van der Waals surface area contributed by atoms with Crippen molar-refractivity contribution in [3.8, 4) is 0 Å². The molecule has 0 saturated carbocycles. The summed E-state index contributed by atoms with van der Waals surface area (Å²) in [7, 11) is 0. The Morgan fingerprint density at radius 3 is 2.41 bits per heavy atom. The largest absolute Gasteiger partial charge is 0.478 e. The molecule has 0 unspecified atom stereocenters. The van der Waals surface area contributed by atoms with E-state index in [-0.39, 0.29) is 0 Å². The fraction of sp³-hybridized carbons (Fsp3) is 0.150. The zero-order valence-corrected chi connectivity index (χ0v) is 15.4. The highest BCUT2D eigenvalue weighted by atomic mass is 35.5. The third kappa shape index (κ3) is 5.97. The second-order valence-electron chi connectivity index (χ2n) is 5.95. The number of aliphatic carboxylic acids is 2. The predicted molar refractivity (Wildman–Crippen MR) is 105 cm³/mol. The molecule has 4 N–H and O–H groups in total. The average Bonchev–Trinajstić information content (AvgIpc) is 2.62. The lowest BCUT2D eigenvalue weighted by molar-refractivity contribution is -0.134. The maximum atomic E-state index is 9.55. The van der Waals surface area contributed by atoms with Gasteiger partial charge in [0.25, 0.3) is 0 Å². The summed E-state index contributed by atoms with van der Waals surface area (Å²) in [6, 6.07) is 8.01. The summed E-state index contributed by atoms with van der Waals surface area (Å²) >= 11 is 6.05. The van der Waals surface area contributed by atoms with Crippen molar-refractivity contribution >= 4 is 40.9 Å². The molecular weight excluding hydrogens is 368 g/mol. The Labute approximate surface area is 161 Å². The molecule has 1 aromatic heterocycles. The van der Waals surface area contributed by atoms with Gasteiger partial charge in [-0.3, -0.25) is 4.98 Å². The molecule has 0 fully saturated rings. The molecule has 3 rings (SSSR count). The first-order valence-electron chi connectivity index (χ1n) is 8.11. The van der Waals surface area contributed by atoms with Crippen LogP contribution in [0.5, 0.6) is 0 Å². The van der Waals surface area contributed by atoms with Crippen LogP contribution in [0.3, 0.4) is 0 Å². The van der Waals surface area contributed by atoms with E-state index >= 15 is 0 Å². The SMILES string of the molecule is Cc1cnc(C2=Cc3cc(Cl)ccc3CC2)cc1N.O=C(O)/C=C/C(=O)O. The number of carboxylic acid groups (broad SMARTS) is 2. The number of nitrogens with two attached hydrogens (primary N) is 1. The summed E-state index contributed by atoms with van der Waals surface area (Å²) in [6.07, 6.45) is 7.13. The maximum absolute atomic E-state index is 9.55. The minimum absolute atomic E-state index is 0.558. The number of carboxylic acids is 2.